The molecule has 0 fully saturated rings. The lowest BCUT2D eigenvalue weighted by molar-refractivity contribution is 0.102. The van der Waals surface area contributed by atoms with Crippen molar-refractivity contribution in [3.05, 3.63) is 59.5 Å². The van der Waals surface area contributed by atoms with E-state index in [0.717, 1.165) is 5.56 Å². The average Bonchev–Trinajstić information content (AvgIpc) is 2.77. The van der Waals surface area contributed by atoms with Crippen molar-refractivity contribution < 1.29 is 9.90 Å². The molecule has 0 radical (unpaired) electrons. The first-order valence-corrected chi connectivity index (χ1v) is 6.61. The van der Waals surface area contributed by atoms with Gasteiger partial charge in [0, 0.05) is 6.20 Å². The number of aryl methyl sites for hydroxylation is 2. The Balaban J connectivity index is 1.99. The number of nitrogens with zero attached hydrogens (tertiary/aromatic N) is 2. The molecule has 3 aromatic rings. The molecule has 0 spiro atoms. The monoisotopic (exact) mass is 281 g/mol. The van der Waals surface area contributed by atoms with Crippen LogP contribution in [0.4, 0.5) is 5.69 Å². The maximum atomic E-state index is 12.5. The number of pyridine rings is 1. The number of benzene rings is 1. The Morgan fingerprint density at radius 2 is 2.05 bits per heavy atom. The van der Waals surface area contributed by atoms with Crippen LogP contribution in [-0.2, 0) is 0 Å². The predicted molar refractivity (Wildman–Crippen MR) is 80.7 cm³/mol. The van der Waals surface area contributed by atoms with Gasteiger partial charge in [0.25, 0.3) is 5.91 Å². The van der Waals surface area contributed by atoms with Gasteiger partial charge in [-0.25, -0.2) is 4.98 Å². The van der Waals surface area contributed by atoms with Gasteiger partial charge < -0.3 is 10.4 Å². The lowest BCUT2D eigenvalue weighted by Gasteiger charge is -2.08. The zero-order valence-corrected chi connectivity index (χ0v) is 11.8. The first-order chi connectivity index (χ1) is 10.1. The Labute approximate surface area is 121 Å². The molecule has 106 valence electrons. The molecular weight excluding hydrogens is 266 g/mol. The smallest absolute Gasteiger partial charge is 0.274 e. The van der Waals surface area contributed by atoms with Gasteiger partial charge in [0.2, 0.25) is 0 Å². The molecule has 0 aliphatic rings. The molecule has 0 atom stereocenters. The zero-order valence-electron chi connectivity index (χ0n) is 11.8. The molecule has 0 aliphatic heterocycles. The van der Waals surface area contributed by atoms with Crippen LogP contribution in [-0.4, -0.2) is 20.4 Å². The van der Waals surface area contributed by atoms with Crippen molar-refractivity contribution >= 4 is 17.2 Å². The SMILES string of the molecule is Cc1ccc(NC(=O)c2c(C)nc3ccccn23)c(O)c1. The van der Waals surface area contributed by atoms with Crippen LogP contribution in [0.25, 0.3) is 5.65 Å². The summed E-state index contributed by atoms with van der Waals surface area (Å²) in [5, 5.41) is 12.6. The van der Waals surface area contributed by atoms with Crippen molar-refractivity contribution in [3.8, 4) is 5.75 Å². The molecule has 5 heteroatoms. The van der Waals surface area contributed by atoms with Crippen molar-refractivity contribution in [2.45, 2.75) is 13.8 Å². The van der Waals surface area contributed by atoms with Crippen molar-refractivity contribution in [2.75, 3.05) is 5.32 Å². The van der Waals surface area contributed by atoms with E-state index in [0.29, 0.717) is 22.7 Å². The van der Waals surface area contributed by atoms with Crippen LogP contribution in [0.3, 0.4) is 0 Å². The molecule has 0 bridgehead atoms. The standard InChI is InChI=1S/C16H15N3O2/c1-10-6-7-12(13(20)9-10)18-16(21)15-11(2)17-14-5-3-4-8-19(14)15/h3-9,20H,1-2H3,(H,18,21). The fourth-order valence-electron chi connectivity index (χ4n) is 2.32. The number of hydrogen-bond acceptors (Lipinski definition) is 3. The third kappa shape index (κ3) is 2.33. The van der Waals surface area contributed by atoms with Gasteiger partial charge in [-0.05, 0) is 43.7 Å². The Morgan fingerprint density at radius 3 is 2.81 bits per heavy atom. The van der Waals surface area contributed by atoms with E-state index in [-0.39, 0.29) is 11.7 Å². The van der Waals surface area contributed by atoms with Gasteiger partial charge in [-0.3, -0.25) is 9.20 Å². The van der Waals surface area contributed by atoms with Gasteiger partial charge in [0.1, 0.15) is 17.1 Å². The van der Waals surface area contributed by atoms with E-state index in [9.17, 15) is 9.90 Å². The molecule has 1 amide bonds. The first-order valence-electron chi connectivity index (χ1n) is 6.61. The Morgan fingerprint density at radius 1 is 1.24 bits per heavy atom. The third-order valence-corrected chi connectivity index (χ3v) is 3.32. The van der Waals surface area contributed by atoms with Crippen LogP contribution < -0.4 is 5.32 Å². The second-order valence-electron chi connectivity index (χ2n) is 4.95. The van der Waals surface area contributed by atoms with E-state index in [1.165, 1.54) is 0 Å². The van der Waals surface area contributed by atoms with E-state index in [2.05, 4.69) is 10.3 Å². The van der Waals surface area contributed by atoms with Gasteiger partial charge in [-0.1, -0.05) is 12.1 Å². The number of imidazole rings is 1. The average molecular weight is 281 g/mol. The molecule has 0 saturated carbocycles. The summed E-state index contributed by atoms with van der Waals surface area (Å²) in [6.45, 7) is 3.66. The minimum absolute atomic E-state index is 0.0508. The van der Waals surface area contributed by atoms with Gasteiger partial charge in [-0.2, -0.15) is 0 Å². The van der Waals surface area contributed by atoms with Crippen molar-refractivity contribution in [2.24, 2.45) is 0 Å². The lowest BCUT2D eigenvalue weighted by atomic mass is 10.2. The number of fused-ring (bicyclic) bond motifs is 1. The number of phenols is 1. The summed E-state index contributed by atoms with van der Waals surface area (Å²) in [6.07, 6.45) is 1.79. The highest BCUT2D eigenvalue weighted by atomic mass is 16.3. The molecule has 0 saturated heterocycles. The maximum absolute atomic E-state index is 12.5. The lowest BCUT2D eigenvalue weighted by Crippen LogP contribution is -2.15. The topological polar surface area (TPSA) is 66.6 Å². The van der Waals surface area contributed by atoms with E-state index in [1.807, 2.05) is 31.2 Å². The van der Waals surface area contributed by atoms with Gasteiger partial charge in [0.05, 0.1) is 11.4 Å². The molecule has 2 aromatic heterocycles. The number of rotatable bonds is 2. The number of nitrogens with one attached hydrogen (secondary N) is 1. The van der Waals surface area contributed by atoms with Gasteiger partial charge in [0.15, 0.2) is 0 Å². The molecule has 0 aliphatic carbocycles. The Bertz CT molecular complexity index is 837. The highest BCUT2D eigenvalue weighted by Gasteiger charge is 2.17. The number of amides is 1. The molecular formula is C16H15N3O2. The van der Waals surface area contributed by atoms with Crippen LogP contribution in [0.2, 0.25) is 0 Å². The van der Waals surface area contributed by atoms with Gasteiger partial charge >= 0.3 is 0 Å². The predicted octanol–water partition coefficient (Wildman–Crippen LogP) is 2.91. The van der Waals surface area contributed by atoms with Crippen LogP contribution in [0.15, 0.2) is 42.6 Å². The molecule has 21 heavy (non-hydrogen) atoms. The molecule has 3 rings (SSSR count). The van der Waals surface area contributed by atoms with E-state index < -0.39 is 0 Å². The molecule has 2 N–H and O–H groups in total. The molecule has 0 unspecified atom stereocenters. The maximum Gasteiger partial charge on any atom is 0.274 e. The number of carbonyl (C=O) groups excluding carboxylic acids is 1. The quantitative estimate of drug-likeness (QED) is 0.710. The minimum atomic E-state index is -0.301. The summed E-state index contributed by atoms with van der Waals surface area (Å²) in [6, 6.07) is 10.7. The van der Waals surface area contributed by atoms with Gasteiger partial charge in [-0.15, -0.1) is 0 Å². The second kappa shape index (κ2) is 4.94. The highest BCUT2D eigenvalue weighted by Crippen LogP contribution is 2.25. The summed E-state index contributed by atoms with van der Waals surface area (Å²) in [5.41, 5.74) is 3.14. The fraction of sp³-hybridized carbons (Fsp3) is 0.125. The number of aromatic nitrogens is 2. The van der Waals surface area contributed by atoms with Crippen LogP contribution >= 0.6 is 0 Å². The minimum Gasteiger partial charge on any atom is -0.506 e. The van der Waals surface area contributed by atoms with E-state index in [4.69, 9.17) is 0 Å². The molecule has 5 nitrogen and oxygen atoms in total. The van der Waals surface area contributed by atoms with Crippen molar-refractivity contribution in [1.82, 2.24) is 9.38 Å². The summed E-state index contributed by atoms with van der Waals surface area (Å²) in [7, 11) is 0. The largest absolute Gasteiger partial charge is 0.506 e. The number of hydrogen-bond donors (Lipinski definition) is 2. The van der Waals surface area contributed by atoms with Crippen molar-refractivity contribution in [1.29, 1.82) is 0 Å². The van der Waals surface area contributed by atoms with Crippen LogP contribution in [0.1, 0.15) is 21.7 Å². The zero-order chi connectivity index (χ0) is 15.0. The van der Waals surface area contributed by atoms with Crippen LogP contribution in [0.5, 0.6) is 5.75 Å². The Kier molecular flexibility index (Phi) is 3.10. The Hall–Kier alpha value is -2.82. The summed E-state index contributed by atoms with van der Waals surface area (Å²) < 4.78 is 1.73. The summed E-state index contributed by atoms with van der Waals surface area (Å²) in [5.74, 6) is -0.250. The number of anilines is 1. The number of carbonyl (C=O) groups is 1. The summed E-state index contributed by atoms with van der Waals surface area (Å²) >= 11 is 0. The number of aromatic hydroxyl groups is 1. The molecule has 1 aromatic carbocycles. The van der Waals surface area contributed by atoms with Crippen molar-refractivity contribution in [3.63, 3.8) is 0 Å². The van der Waals surface area contributed by atoms with E-state index in [1.54, 1.807) is 29.7 Å². The third-order valence-electron chi connectivity index (χ3n) is 3.32. The molecule has 2 heterocycles. The first kappa shape index (κ1) is 13.2. The van der Waals surface area contributed by atoms with Crippen LogP contribution in [0, 0.1) is 13.8 Å². The fourth-order valence-corrected chi connectivity index (χ4v) is 2.32. The second-order valence-corrected chi connectivity index (χ2v) is 4.95. The summed E-state index contributed by atoms with van der Waals surface area (Å²) in [4.78, 5) is 16.8. The van der Waals surface area contributed by atoms with E-state index >= 15 is 0 Å². The number of phenolic OH excluding ortho intramolecular Hbond substituents is 1. The highest BCUT2D eigenvalue weighted by molar-refractivity contribution is 6.05. The normalized spacial score (nSPS) is 10.8.